The number of methoxy groups -OCH3 is 1. The van der Waals surface area contributed by atoms with E-state index in [2.05, 4.69) is 30.0 Å². The summed E-state index contributed by atoms with van der Waals surface area (Å²) in [5.74, 6) is -8.27. The van der Waals surface area contributed by atoms with E-state index in [0.29, 0.717) is 7.11 Å². The van der Waals surface area contributed by atoms with Crippen molar-refractivity contribution < 1.29 is 45.5 Å². The summed E-state index contributed by atoms with van der Waals surface area (Å²) in [5.41, 5.74) is -1.19. The van der Waals surface area contributed by atoms with Crippen LogP contribution in [0.2, 0.25) is 0 Å². The quantitative estimate of drug-likeness (QED) is 0.590. The van der Waals surface area contributed by atoms with Gasteiger partial charge in [0, 0.05) is 17.8 Å². The first kappa shape index (κ1) is 25.7. The van der Waals surface area contributed by atoms with E-state index in [1.54, 1.807) is 20.8 Å². The molecule has 2 aromatic rings. The van der Waals surface area contributed by atoms with Crippen LogP contribution in [0.25, 0.3) is 11.4 Å². The Balaban J connectivity index is 1.86. The molecule has 1 aromatic carbocycles. The molecule has 0 fully saturated rings. The monoisotopic (exact) mass is 510 g/mol. The molecule has 1 aliphatic heterocycles. The highest BCUT2D eigenvalue weighted by atomic mass is 32.2. The number of alkyl carbamates (subject to hydrolysis) is 1. The third-order valence-electron chi connectivity index (χ3n) is 4.33. The molecule has 0 bridgehead atoms. The number of fused-ring (bicyclic) bond motifs is 1. The van der Waals surface area contributed by atoms with Crippen molar-refractivity contribution in [1.82, 2.24) is 15.5 Å². The van der Waals surface area contributed by atoms with E-state index >= 15 is 0 Å². The molecule has 0 spiro atoms. The van der Waals surface area contributed by atoms with Gasteiger partial charge in [0.05, 0.1) is 11.3 Å². The number of aromatic nitrogens is 2. The van der Waals surface area contributed by atoms with Gasteiger partial charge in [0.1, 0.15) is 17.5 Å². The molecule has 1 aromatic heterocycles. The Morgan fingerprint density at radius 1 is 1.26 bits per heavy atom. The van der Waals surface area contributed by atoms with Crippen molar-refractivity contribution in [2.75, 3.05) is 18.2 Å². The number of nitrogens with zero attached hydrogens (tertiary/aromatic N) is 2. The van der Waals surface area contributed by atoms with Crippen LogP contribution < -0.4 is 10.6 Å². The van der Waals surface area contributed by atoms with Crippen molar-refractivity contribution in [3.63, 3.8) is 0 Å². The summed E-state index contributed by atoms with van der Waals surface area (Å²) < 4.78 is 81.4. The normalized spacial score (nSPS) is 18.4. The number of thioether (sulfide) groups is 1. The van der Waals surface area contributed by atoms with Gasteiger partial charge >= 0.3 is 24.0 Å². The van der Waals surface area contributed by atoms with Crippen molar-refractivity contribution in [3.05, 3.63) is 23.8 Å². The van der Waals surface area contributed by atoms with Gasteiger partial charge in [0.2, 0.25) is 11.7 Å². The number of hydrogen-bond donors (Lipinski definition) is 2. The van der Waals surface area contributed by atoms with E-state index in [4.69, 9.17) is 4.74 Å². The maximum Gasteiger partial charge on any atom is 0.458 e. The predicted octanol–water partition coefficient (Wildman–Crippen LogP) is 4.14. The SMILES string of the molecule is COC(F)(c1nc(-c2cc3c(cc2F)SC[C@H](NC(=O)OC(C)(C)C)C(=O)N3)no1)C(F)(F)F. The van der Waals surface area contributed by atoms with Gasteiger partial charge in [0.25, 0.3) is 0 Å². The molecule has 3 rings (SSSR count). The average molecular weight is 510 g/mol. The number of carbonyl (C=O) groups is 2. The zero-order valence-electron chi connectivity index (χ0n) is 18.2. The number of hydrogen-bond acceptors (Lipinski definition) is 8. The highest BCUT2D eigenvalue weighted by Crippen LogP contribution is 2.43. The van der Waals surface area contributed by atoms with E-state index in [9.17, 15) is 31.5 Å². The number of alkyl halides is 4. The number of nitrogens with one attached hydrogen (secondary N) is 2. The first-order valence-corrected chi connectivity index (χ1v) is 10.5. The van der Waals surface area contributed by atoms with Gasteiger partial charge in [-0.1, -0.05) is 5.16 Å². The Labute approximate surface area is 193 Å². The topological polar surface area (TPSA) is 116 Å². The van der Waals surface area contributed by atoms with Crippen LogP contribution in [0, 0.1) is 5.82 Å². The van der Waals surface area contributed by atoms with Gasteiger partial charge in [0.15, 0.2) is 0 Å². The molecule has 1 unspecified atom stereocenters. The number of carbonyl (C=O) groups excluding carboxylic acids is 2. The molecule has 0 saturated heterocycles. The number of ether oxygens (including phenoxy) is 2. The van der Waals surface area contributed by atoms with Crippen molar-refractivity contribution >= 4 is 29.4 Å². The second-order valence-corrected chi connectivity index (χ2v) is 9.11. The number of anilines is 1. The van der Waals surface area contributed by atoms with Gasteiger partial charge in [-0.3, -0.25) is 4.79 Å². The molecule has 2 atom stereocenters. The van der Waals surface area contributed by atoms with Gasteiger partial charge < -0.3 is 24.6 Å². The molecule has 0 aliphatic carbocycles. The molecule has 0 saturated carbocycles. The van der Waals surface area contributed by atoms with E-state index < -0.39 is 58.8 Å². The zero-order valence-corrected chi connectivity index (χ0v) is 19.0. The van der Waals surface area contributed by atoms with Gasteiger partial charge in [-0.25, -0.2) is 9.18 Å². The van der Waals surface area contributed by atoms with Gasteiger partial charge in [-0.2, -0.15) is 22.5 Å². The maximum atomic E-state index is 14.7. The molecule has 34 heavy (non-hydrogen) atoms. The Hall–Kier alpha value is -2.94. The summed E-state index contributed by atoms with van der Waals surface area (Å²) in [4.78, 5) is 28.1. The molecule has 1 aliphatic rings. The Morgan fingerprint density at radius 3 is 2.53 bits per heavy atom. The van der Waals surface area contributed by atoms with Crippen molar-refractivity contribution in [2.45, 2.75) is 49.3 Å². The van der Waals surface area contributed by atoms with Crippen LogP contribution in [-0.2, 0) is 20.1 Å². The Bertz CT molecular complexity index is 1100. The number of halogens is 5. The van der Waals surface area contributed by atoms with Crippen LogP contribution in [0.15, 0.2) is 21.6 Å². The molecule has 0 radical (unpaired) electrons. The summed E-state index contributed by atoms with van der Waals surface area (Å²) in [5, 5.41) is 8.12. The Morgan fingerprint density at radius 2 is 1.94 bits per heavy atom. The first-order valence-electron chi connectivity index (χ1n) is 9.56. The first-order chi connectivity index (χ1) is 15.6. The highest BCUT2D eigenvalue weighted by Gasteiger charge is 2.63. The lowest BCUT2D eigenvalue weighted by molar-refractivity contribution is -0.342. The highest BCUT2D eigenvalue weighted by molar-refractivity contribution is 7.99. The summed E-state index contributed by atoms with van der Waals surface area (Å²) in [6, 6.07) is 1.01. The largest absolute Gasteiger partial charge is 0.458 e. The van der Waals surface area contributed by atoms with Crippen molar-refractivity contribution in [2.24, 2.45) is 0 Å². The molecule has 186 valence electrons. The molecule has 15 heteroatoms. The minimum Gasteiger partial charge on any atom is -0.444 e. The number of benzene rings is 1. The summed E-state index contributed by atoms with van der Waals surface area (Å²) in [6.45, 7) is 4.94. The summed E-state index contributed by atoms with van der Waals surface area (Å²) in [6.07, 6.45) is -6.37. The number of rotatable bonds is 4. The average Bonchev–Trinajstić information content (AvgIpc) is 3.14. The molecular formula is C19H19F5N4O5S. The second kappa shape index (κ2) is 9.02. The molecule has 2 heterocycles. The fourth-order valence-electron chi connectivity index (χ4n) is 2.76. The zero-order chi connectivity index (χ0) is 25.5. The van der Waals surface area contributed by atoms with Gasteiger partial charge in [-0.15, -0.1) is 11.8 Å². The standard InChI is InChI=1S/C19H19F5N4O5S/c1-17(2,3)32-16(30)26-11-7-34-12-6-9(20)8(5-10(12)25-14(11)29)13-27-15(33-28-13)18(21,31-4)19(22,23)24/h5-6,11H,7H2,1-4H3,(H,25,29)(H,26,30)/t11-,18?/m0/s1. The summed E-state index contributed by atoms with van der Waals surface area (Å²) >= 11 is 1.03. The predicted molar refractivity (Wildman–Crippen MR) is 108 cm³/mol. The Kier molecular flexibility index (Phi) is 6.81. The summed E-state index contributed by atoms with van der Waals surface area (Å²) in [7, 11) is 0.453. The van der Waals surface area contributed by atoms with Crippen LogP contribution >= 0.6 is 11.8 Å². The molecule has 2 amide bonds. The van der Waals surface area contributed by atoms with E-state index in [-0.39, 0.29) is 16.3 Å². The van der Waals surface area contributed by atoms with Crippen molar-refractivity contribution in [3.8, 4) is 11.4 Å². The lowest BCUT2D eigenvalue weighted by Crippen LogP contribution is -2.46. The minimum atomic E-state index is -5.54. The fourth-order valence-corrected chi connectivity index (χ4v) is 3.79. The van der Waals surface area contributed by atoms with Crippen LogP contribution in [0.3, 0.4) is 0 Å². The lowest BCUT2D eigenvalue weighted by atomic mass is 10.1. The van der Waals surface area contributed by atoms with Crippen LogP contribution in [0.5, 0.6) is 0 Å². The van der Waals surface area contributed by atoms with E-state index in [0.717, 1.165) is 23.9 Å². The van der Waals surface area contributed by atoms with Gasteiger partial charge in [-0.05, 0) is 32.9 Å². The molecular weight excluding hydrogens is 491 g/mol. The smallest absolute Gasteiger partial charge is 0.444 e. The third kappa shape index (κ3) is 5.24. The molecule has 9 nitrogen and oxygen atoms in total. The van der Waals surface area contributed by atoms with E-state index in [1.165, 1.54) is 0 Å². The van der Waals surface area contributed by atoms with Crippen molar-refractivity contribution in [1.29, 1.82) is 0 Å². The fraction of sp³-hybridized carbons (Fsp3) is 0.474. The van der Waals surface area contributed by atoms with E-state index in [1.807, 2.05) is 0 Å². The minimum absolute atomic E-state index is 0.0347. The third-order valence-corrected chi connectivity index (χ3v) is 5.48. The van der Waals surface area contributed by atoms with Crippen LogP contribution in [-0.4, -0.2) is 52.8 Å². The lowest BCUT2D eigenvalue weighted by Gasteiger charge is -2.22. The number of amides is 2. The van der Waals surface area contributed by atoms with Crippen LogP contribution in [0.1, 0.15) is 26.7 Å². The second-order valence-electron chi connectivity index (χ2n) is 8.05. The van der Waals surface area contributed by atoms with Crippen LogP contribution in [0.4, 0.5) is 32.4 Å². The molecule has 2 N–H and O–H groups in total. The maximum absolute atomic E-state index is 14.7.